The SMILES string of the molecule is CCCCOC(CC(F)(F)C(F)(F)C(F)(F)C(F)(F)F)OC. The second kappa shape index (κ2) is 7.24. The van der Waals surface area contributed by atoms with E-state index in [4.69, 9.17) is 0 Å². The van der Waals surface area contributed by atoms with Crippen LogP contribution in [0.3, 0.4) is 0 Å². The lowest BCUT2D eigenvalue weighted by atomic mass is 10.0. The Labute approximate surface area is 120 Å². The molecule has 0 N–H and O–H groups in total. The Hall–Kier alpha value is -0.710. The van der Waals surface area contributed by atoms with Crippen molar-refractivity contribution in [1.29, 1.82) is 0 Å². The minimum atomic E-state index is -6.90. The molecule has 0 saturated heterocycles. The van der Waals surface area contributed by atoms with E-state index >= 15 is 0 Å². The zero-order valence-corrected chi connectivity index (χ0v) is 11.6. The van der Waals surface area contributed by atoms with Crippen LogP contribution in [-0.4, -0.2) is 44.0 Å². The first-order valence-corrected chi connectivity index (χ1v) is 6.09. The van der Waals surface area contributed by atoms with Crippen LogP contribution in [0.5, 0.6) is 0 Å². The van der Waals surface area contributed by atoms with Gasteiger partial charge in [0.1, 0.15) is 0 Å². The number of ether oxygens (including phenoxy) is 2. The van der Waals surface area contributed by atoms with Crippen LogP contribution in [0.2, 0.25) is 0 Å². The summed E-state index contributed by atoms with van der Waals surface area (Å²) >= 11 is 0. The molecule has 134 valence electrons. The van der Waals surface area contributed by atoms with E-state index in [0.717, 1.165) is 7.11 Å². The lowest BCUT2D eigenvalue weighted by Gasteiger charge is -2.34. The number of unbranched alkanes of at least 4 members (excludes halogenated alkanes) is 1. The summed E-state index contributed by atoms with van der Waals surface area (Å²) in [6.07, 6.45) is -10.1. The quantitative estimate of drug-likeness (QED) is 0.343. The third-order valence-corrected chi connectivity index (χ3v) is 2.70. The van der Waals surface area contributed by atoms with Crippen molar-refractivity contribution in [2.75, 3.05) is 13.7 Å². The molecule has 11 heteroatoms. The molecule has 0 aliphatic heterocycles. The highest BCUT2D eigenvalue weighted by molar-refractivity contribution is 5.00. The van der Waals surface area contributed by atoms with Crippen molar-refractivity contribution < 1.29 is 49.0 Å². The van der Waals surface area contributed by atoms with E-state index < -0.39 is 36.7 Å². The Morgan fingerprint density at radius 1 is 0.864 bits per heavy atom. The number of hydrogen-bond donors (Lipinski definition) is 0. The van der Waals surface area contributed by atoms with E-state index in [-0.39, 0.29) is 6.61 Å². The molecule has 0 saturated carbocycles. The van der Waals surface area contributed by atoms with Crippen molar-refractivity contribution in [2.24, 2.45) is 0 Å². The van der Waals surface area contributed by atoms with Crippen LogP contribution < -0.4 is 0 Å². The first-order valence-electron chi connectivity index (χ1n) is 6.09. The summed E-state index contributed by atoms with van der Waals surface area (Å²) in [5, 5.41) is 0. The zero-order chi connectivity index (χ0) is 17.8. The van der Waals surface area contributed by atoms with Crippen molar-refractivity contribution in [3.05, 3.63) is 0 Å². The summed E-state index contributed by atoms with van der Waals surface area (Å²) < 4.78 is 122. The maximum absolute atomic E-state index is 13.3. The van der Waals surface area contributed by atoms with E-state index in [9.17, 15) is 39.5 Å². The summed E-state index contributed by atoms with van der Waals surface area (Å²) in [6.45, 7) is 1.49. The average Bonchev–Trinajstić information content (AvgIpc) is 2.35. The molecule has 0 aromatic heterocycles. The fourth-order valence-electron chi connectivity index (χ4n) is 1.31. The molecule has 0 fully saturated rings. The predicted octanol–water partition coefficient (Wildman–Crippen LogP) is 4.63. The Morgan fingerprint density at radius 2 is 1.36 bits per heavy atom. The van der Waals surface area contributed by atoms with Gasteiger partial charge in [0.15, 0.2) is 6.29 Å². The van der Waals surface area contributed by atoms with Gasteiger partial charge >= 0.3 is 23.9 Å². The summed E-state index contributed by atoms with van der Waals surface area (Å²) in [5.41, 5.74) is 0. The summed E-state index contributed by atoms with van der Waals surface area (Å²) in [6, 6.07) is 0. The van der Waals surface area contributed by atoms with Crippen molar-refractivity contribution in [1.82, 2.24) is 0 Å². The summed E-state index contributed by atoms with van der Waals surface area (Å²) in [4.78, 5) is 0. The predicted molar refractivity (Wildman–Crippen MR) is 57.2 cm³/mol. The molecule has 0 aliphatic rings. The standard InChI is InChI=1S/C11H15F9O2/c1-3-4-5-22-7(21-2)6-8(12,13)9(14,15)10(16,17)11(18,19)20/h7H,3-6H2,1-2H3. The molecule has 1 atom stereocenters. The third kappa shape index (κ3) is 4.40. The lowest BCUT2D eigenvalue weighted by molar-refractivity contribution is -0.401. The Morgan fingerprint density at radius 3 is 1.73 bits per heavy atom. The van der Waals surface area contributed by atoms with E-state index in [2.05, 4.69) is 9.47 Å². The largest absolute Gasteiger partial charge is 0.460 e. The van der Waals surface area contributed by atoms with E-state index in [1.807, 2.05) is 0 Å². The molecule has 0 aromatic rings. The van der Waals surface area contributed by atoms with E-state index in [1.165, 1.54) is 0 Å². The van der Waals surface area contributed by atoms with Gasteiger partial charge in [0.25, 0.3) is 0 Å². The van der Waals surface area contributed by atoms with Crippen LogP contribution in [0.1, 0.15) is 26.2 Å². The van der Waals surface area contributed by atoms with Crippen molar-refractivity contribution in [2.45, 2.75) is 56.4 Å². The summed E-state index contributed by atoms with van der Waals surface area (Å²) in [7, 11) is 0.771. The second-order valence-electron chi connectivity index (χ2n) is 4.44. The molecule has 0 aliphatic carbocycles. The Balaban J connectivity index is 5.18. The molecule has 0 radical (unpaired) electrons. The number of methoxy groups -OCH3 is 1. The molecule has 1 unspecified atom stereocenters. The smallest absolute Gasteiger partial charge is 0.356 e. The first-order chi connectivity index (χ1) is 9.74. The molecule has 0 aromatic carbocycles. The molecule has 0 spiro atoms. The van der Waals surface area contributed by atoms with Gasteiger partial charge < -0.3 is 9.47 Å². The number of halogens is 9. The Bertz CT molecular complexity index is 341. The maximum atomic E-state index is 13.3. The van der Waals surface area contributed by atoms with Gasteiger partial charge in [0, 0.05) is 13.7 Å². The van der Waals surface area contributed by atoms with Crippen molar-refractivity contribution >= 4 is 0 Å². The van der Waals surface area contributed by atoms with Crippen LogP contribution in [0.15, 0.2) is 0 Å². The van der Waals surface area contributed by atoms with Crippen molar-refractivity contribution in [3.8, 4) is 0 Å². The van der Waals surface area contributed by atoms with E-state index in [0.29, 0.717) is 12.8 Å². The minimum Gasteiger partial charge on any atom is -0.356 e. The van der Waals surface area contributed by atoms with Gasteiger partial charge in [0.2, 0.25) is 0 Å². The fraction of sp³-hybridized carbons (Fsp3) is 1.00. The molecule has 22 heavy (non-hydrogen) atoms. The molecule has 0 heterocycles. The third-order valence-electron chi connectivity index (χ3n) is 2.70. The number of hydrogen-bond acceptors (Lipinski definition) is 2. The molecular weight excluding hydrogens is 335 g/mol. The highest BCUT2D eigenvalue weighted by Gasteiger charge is 2.81. The fourth-order valence-corrected chi connectivity index (χ4v) is 1.31. The van der Waals surface area contributed by atoms with Crippen LogP contribution >= 0.6 is 0 Å². The molecule has 0 rings (SSSR count). The molecule has 0 amide bonds. The van der Waals surface area contributed by atoms with Gasteiger partial charge in [-0.15, -0.1) is 0 Å². The van der Waals surface area contributed by atoms with Crippen LogP contribution in [-0.2, 0) is 9.47 Å². The van der Waals surface area contributed by atoms with Gasteiger partial charge in [-0.25, -0.2) is 0 Å². The van der Waals surface area contributed by atoms with Gasteiger partial charge in [-0.05, 0) is 6.42 Å². The lowest BCUT2D eigenvalue weighted by Crippen LogP contribution is -2.61. The zero-order valence-electron chi connectivity index (χ0n) is 11.6. The highest BCUT2D eigenvalue weighted by atomic mass is 19.4. The topological polar surface area (TPSA) is 18.5 Å². The summed E-state index contributed by atoms with van der Waals surface area (Å²) in [5.74, 6) is -19.2. The number of alkyl halides is 9. The monoisotopic (exact) mass is 350 g/mol. The molecule has 2 nitrogen and oxygen atoms in total. The van der Waals surface area contributed by atoms with Gasteiger partial charge in [0.05, 0.1) is 6.42 Å². The van der Waals surface area contributed by atoms with Crippen LogP contribution in [0.25, 0.3) is 0 Å². The number of rotatable bonds is 9. The Kier molecular flexibility index (Phi) is 7.01. The van der Waals surface area contributed by atoms with Gasteiger partial charge in [-0.3, -0.25) is 0 Å². The average molecular weight is 350 g/mol. The van der Waals surface area contributed by atoms with Gasteiger partial charge in [-0.1, -0.05) is 13.3 Å². The van der Waals surface area contributed by atoms with Crippen LogP contribution in [0.4, 0.5) is 39.5 Å². The normalized spacial score (nSPS) is 16.0. The van der Waals surface area contributed by atoms with Gasteiger partial charge in [-0.2, -0.15) is 39.5 Å². The second-order valence-corrected chi connectivity index (χ2v) is 4.44. The van der Waals surface area contributed by atoms with E-state index in [1.54, 1.807) is 6.92 Å². The minimum absolute atomic E-state index is 0.202. The molecular formula is C11H15F9O2. The maximum Gasteiger partial charge on any atom is 0.460 e. The first kappa shape index (κ1) is 21.3. The molecule has 0 bridgehead atoms. The highest BCUT2D eigenvalue weighted by Crippen LogP contribution is 2.54. The van der Waals surface area contributed by atoms with Crippen molar-refractivity contribution in [3.63, 3.8) is 0 Å². The van der Waals surface area contributed by atoms with Crippen LogP contribution in [0, 0.1) is 0 Å².